The molecule has 0 aromatic rings. The summed E-state index contributed by atoms with van der Waals surface area (Å²) in [5, 5.41) is 3.19. The van der Waals surface area contributed by atoms with E-state index in [9.17, 15) is 4.79 Å². The van der Waals surface area contributed by atoms with Gasteiger partial charge in [-0.1, -0.05) is 0 Å². The minimum absolute atomic E-state index is 0.0124. The molecule has 1 atom stereocenters. The predicted molar refractivity (Wildman–Crippen MR) is 54.0 cm³/mol. The lowest BCUT2D eigenvalue weighted by atomic mass is 10.3. The molecule has 1 amide bonds. The minimum atomic E-state index is -0.438. The van der Waals surface area contributed by atoms with Crippen LogP contribution in [0.5, 0.6) is 0 Å². The van der Waals surface area contributed by atoms with Crippen LogP contribution >= 0.6 is 0 Å². The zero-order chi connectivity index (χ0) is 10.8. The van der Waals surface area contributed by atoms with Crippen molar-refractivity contribution in [2.24, 2.45) is 5.73 Å². The first-order valence-corrected chi connectivity index (χ1v) is 4.84. The Morgan fingerprint density at radius 2 is 2.21 bits per heavy atom. The Labute approximate surface area is 84.9 Å². The Morgan fingerprint density at radius 3 is 2.79 bits per heavy atom. The molecule has 14 heavy (non-hydrogen) atoms. The lowest BCUT2D eigenvalue weighted by Crippen LogP contribution is -2.33. The highest BCUT2D eigenvalue weighted by Gasteiger charge is 2.00. The van der Waals surface area contributed by atoms with E-state index < -0.39 is 5.91 Å². The zero-order valence-corrected chi connectivity index (χ0v) is 8.91. The number of hydrogen-bond acceptors (Lipinski definition) is 4. The molecule has 0 aliphatic carbocycles. The third kappa shape index (κ3) is 9.44. The van der Waals surface area contributed by atoms with E-state index in [1.54, 1.807) is 0 Å². The number of amides is 1. The van der Waals surface area contributed by atoms with Crippen molar-refractivity contribution in [1.82, 2.24) is 5.32 Å². The molecule has 0 radical (unpaired) electrons. The molecule has 0 aromatic heterocycles. The van der Waals surface area contributed by atoms with Crippen molar-refractivity contribution in [3.8, 4) is 0 Å². The molecule has 0 aliphatic heterocycles. The van der Waals surface area contributed by atoms with Gasteiger partial charge in [-0.15, -0.1) is 0 Å². The molecule has 0 rings (SSSR count). The summed E-state index contributed by atoms with van der Waals surface area (Å²) < 4.78 is 10.2. The second kappa shape index (κ2) is 8.93. The van der Waals surface area contributed by atoms with Crippen molar-refractivity contribution in [1.29, 1.82) is 0 Å². The van der Waals surface area contributed by atoms with E-state index in [1.807, 2.05) is 13.8 Å². The van der Waals surface area contributed by atoms with Gasteiger partial charge in [0.15, 0.2) is 0 Å². The van der Waals surface area contributed by atoms with Gasteiger partial charge < -0.3 is 20.5 Å². The predicted octanol–water partition coefficient (Wildman–Crippen LogP) is -0.497. The van der Waals surface area contributed by atoms with Gasteiger partial charge in [0.1, 0.15) is 6.61 Å². The highest BCUT2D eigenvalue weighted by molar-refractivity contribution is 5.74. The maximum Gasteiger partial charge on any atom is 0.243 e. The fraction of sp³-hybridized carbons (Fsp3) is 0.889. The normalized spacial score (nSPS) is 12.7. The lowest BCUT2D eigenvalue weighted by molar-refractivity contribution is -0.122. The second-order valence-electron chi connectivity index (χ2n) is 3.03. The number of ether oxygens (including phenoxy) is 2. The molecule has 0 fully saturated rings. The van der Waals surface area contributed by atoms with Crippen LogP contribution in [0.1, 0.15) is 13.8 Å². The Hall–Kier alpha value is -0.650. The average Bonchev–Trinajstić information content (AvgIpc) is 2.13. The molecule has 0 heterocycles. The number of primary amides is 1. The number of carbonyl (C=O) groups excluding carboxylic acids is 1. The van der Waals surface area contributed by atoms with Gasteiger partial charge in [-0.25, -0.2) is 0 Å². The van der Waals surface area contributed by atoms with E-state index in [4.69, 9.17) is 15.2 Å². The molecule has 84 valence electrons. The fourth-order valence-corrected chi connectivity index (χ4v) is 0.904. The van der Waals surface area contributed by atoms with Crippen LogP contribution in [0.2, 0.25) is 0 Å². The maximum atomic E-state index is 10.3. The maximum absolute atomic E-state index is 10.3. The third-order valence-electron chi connectivity index (χ3n) is 1.56. The SMILES string of the molecule is CCOCC(C)NCCOCC(N)=O. The summed E-state index contributed by atoms with van der Waals surface area (Å²) in [6, 6.07) is 0.298. The number of nitrogens with two attached hydrogens (primary N) is 1. The smallest absolute Gasteiger partial charge is 0.243 e. The van der Waals surface area contributed by atoms with Crippen LogP contribution in [0.4, 0.5) is 0 Å². The first-order valence-electron chi connectivity index (χ1n) is 4.84. The van der Waals surface area contributed by atoms with E-state index in [-0.39, 0.29) is 6.61 Å². The standard InChI is InChI=1S/C9H20N2O3/c1-3-13-6-8(2)11-4-5-14-7-9(10)12/h8,11H,3-7H2,1-2H3,(H2,10,12). The summed E-state index contributed by atoms with van der Waals surface area (Å²) in [6.45, 7) is 6.57. The van der Waals surface area contributed by atoms with Crippen LogP contribution in [-0.2, 0) is 14.3 Å². The van der Waals surface area contributed by atoms with Gasteiger partial charge in [0.05, 0.1) is 13.2 Å². The largest absolute Gasteiger partial charge is 0.380 e. The molecule has 5 nitrogen and oxygen atoms in total. The molecular formula is C9H20N2O3. The van der Waals surface area contributed by atoms with Crippen molar-refractivity contribution in [2.75, 3.05) is 33.0 Å². The molecule has 1 unspecified atom stereocenters. The monoisotopic (exact) mass is 204 g/mol. The molecule has 3 N–H and O–H groups in total. The highest BCUT2D eigenvalue weighted by atomic mass is 16.5. The van der Waals surface area contributed by atoms with Gasteiger partial charge in [-0.2, -0.15) is 0 Å². The summed E-state index contributed by atoms with van der Waals surface area (Å²) in [5.41, 5.74) is 4.90. The summed E-state index contributed by atoms with van der Waals surface area (Å²) in [7, 11) is 0. The Bertz CT molecular complexity index is 153. The van der Waals surface area contributed by atoms with E-state index in [1.165, 1.54) is 0 Å². The van der Waals surface area contributed by atoms with Crippen LogP contribution in [0, 0.1) is 0 Å². The van der Waals surface area contributed by atoms with Gasteiger partial charge in [0.2, 0.25) is 5.91 Å². The van der Waals surface area contributed by atoms with Gasteiger partial charge in [-0.3, -0.25) is 4.79 Å². The number of hydrogen-bond donors (Lipinski definition) is 2. The van der Waals surface area contributed by atoms with Crippen LogP contribution < -0.4 is 11.1 Å². The van der Waals surface area contributed by atoms with Gasteiger partial charge in [0, 0.05) is 19.2 Å². The molecule has 0 saturated heterocycles. The quantitative estimate of drug-likeness (QED) is 0.497. The Morgan fingerprint density at radius 1 is 1.50 bits per heavy atom. The molecule has 0 saturated carbocycles. The van der Waals surface area contributed by atoms with Crippen molar-refractivity contribution in [3.63, 3.8) is 0 Å². The number of rotatable bonds is 9. The summed E-state index contributed by atoms with van der Waals surface area (Å²) in [6.07, 6.45) is 0. The van der Waals surface area contributed by atoms with E-state index in [0.717, 1.165) is 6.61 Å². The third-order valence-corrected chi connectivity index (χ3v) is 1.56. The molecule has 0 aliphatic rings. The summed E-state index contributed by atoms with van der Waals surface area (Å²) in [4.78, 5) is 10.3. The number of carbonyl (C=O) groups is 1. The Kier molecular flexibility index (Phi) is 8.51. The molecule has 0 spiro atoms. The fourth-order valence-electron chi connectivity index (χ4n) is 0.904. The average molecular weight is 204 g/mol. The van der Waals surface area contributed by atoms with Crippen LogP contribution in [0.25, 0.3) is 0 Å². The van der Waals surface area contributed by atoms with Gasteiger partial charge in [-0.05, 0) is 13.8 Å². The van der Waals surface area contributed by atoms with E-state index in [0.29, 0.717) is 25.8 Å². The first kappa shape index (κ1) is 13.4. The lowest BCUT2D eigenvalue weighted by Gasteiger charge is -2.13. The van der Waals surface area contributed by atoms with Crippen LogP contribution in [0.15, 0.2) is 0 Å². The van der Waals surface area contributed by atoms with Crippen molar-refractivity contribution in [2.45, 2.75) is 19.9 Å². The molecule has 0 aromatic carbocycles. The van der Waals surface area contributed by atoms with Crippen molar-refractivity contribution < 1.29 is 14.3 Å². The van der Waals surface area contributed by atoms with Crippen LogP contribution in [0.3, 0.4) is 0 Å². The second-order valence-corrected chi connectivity index (χ2v) is 3.03. The summed E-state index contributed by atoms with van der Waals surface area (Å²) >= 11 is 0. The Balaban J connectivity index is 3.14. The van der Waals surface area contributed by atoms with E-state index in [2.05, 4.69) is 5.32 Å². The summed E-state index contributed by atoms with van der Waals surface area (Å²) in [5.74, 6) is -0.438. The molecular weight excluding hydrogens is 184 g/mol. The van der Waals surface area contributed by atoms with Crippen molar-refractivity contribution in [3.05, 3.63) is 0 Å². The van der Waals surface area contributed by atoms with E-state index >= 15 is 0 Å². The van der Waals surface area contributed by atoms with Gasteiger partial charge >= 0.3 is 0 Å². The van der Waals surface area contributed by atoms with Gasteiger partial charge in [0.25, 0.3) is 0 Å². The zero-order valence-electron chi connectivity index (χ0n) is 8.91. The van der Waals surface area contributed by atoms with Crippen molar-refractivity contribution >= 4 is 5.91 Å². The topological polar surface area (TPSA) is 73.6 Å². The first-order chi connectivity index (χ1) is 6.66. The highest BCUT2D eigenvalue weighted by Crippen LogP contribution is 1.83. The molecule has 0 bridgehead atoms. The van der Waals surface area contributed by atoms with Crippen LogP contribution in [-0.4, -0.2) is 44.9 Å². The number of nitrogens with one attached hydrogen (secondary N) is 1. The minimum Gasteiger partial charge on any atom is -0.380 e. The molecule has 5 heteroatoms.